The van der Waals surface area contributed by atoms with Crippen LogP contribution in [0, 0.1) is 5.92 Å². The van der Waals surface area contributed by atoms with Crippen molar-refractivity contribution in [2.45, 2.75) is 31.5 Å². The summed E-state index contributed by atoms with van der Waals surface area (Å²) in [6.07, 6.45) is 2.27. The number of thioether (sulfide) groups is 1. The number of rotatable bonds is 5. The van der Waals surface area contributed by atoms with Crippen molar-refractivity contribution in [2.75, 3.05) is 32.9 Å². The highest BCUT2D eigenvalue weighted by atomic mass is 32.2. The Morgan fingerprint density at radius 3 is 2.81 bits per heavy atom. The Morgan fingerprint density at radius 2 is 2.08 bits per heavy atom. The second kappa shape index (κ2) is 8.12. The summed E-state index contributed by atoms with van der Waals surface area (Å²) < 4.78 is 1.91. The Hall–Kier alpha value is -2.02. The number of piperidine rings is 1. The van der Waals surface area contributed by atoms with Crippen molar-refractivity contribution < 1.29 is 9.59 Å². The Morgan fingerprint density at radius 1 is 1.31 bits per heavy atom. The Balaban J connectivity index is 1.76. The minimum absolute atomic E-state index is 0.00573. The smallest absolute Gasteiger partial charge is 0.242 e. The summed E-state index contributed by atoms with van der Waals surface area (Å²) in [5.74, 6) is 1.08. The molecule has 0 saturated carbocycles. The summed E-state index contributed by atoms with van der Waals surface area (Å²) in [6, 6.07) is 7.77. The molecule has 2 amide bonds. The third-order valence-corrected chi connectivity index (χ3v) is 5.71. The molecule has 0 N–H and O–H groups in total. The number of carbonyl (C=O) groups is 2. The summed E-state index contributed by atoms with van der Waals surface area (Å²) in [5.41, 5.74) is 1.77. The normalized spacial score (nSPS) is 17.5. The van der Waals surface area contributed by atoms with Crippen LogP contribution in [0.3, 0.4) is 0 Å². The molecule has 3 rings (SSSR count). The van der Waals surface area contributed by atoms with Gasteiger partial charge in [0.2, 0.25) is 11.8 Å². The Kier molecular flexibility index (Phi) is 5.86. The lowest BCUT2D eigenvalue weighted by molar-refractivity contribution is -0.130. The van der Waals surface area contributed by atoms with Gasteiger partial charge >= 0.3 is 0 Å². The lowest BCUT2D eigenvalue weighted by Crippen LogP contribution is -2.40. The van der Waals surface area contributed by atoms with Crippen LogP contribution in [0.5, 0.6) is 0 Å². The number of carbonyl (C=O) groups excluding carboxylic acids is 2. The highest BCUT2D eigenvalue weighted by Crippen LogP contribution is 2.25. The molecule has 0 radical (unpaired) electrons. The van der Waals surface area contributed by atoms with Gasteiger partial charge in [0, 0.05) is 27.2 Å². The first kappa shape index (κ1) is 18.8. The number of amides is 2. The van der Waals surface area contributed by atoms with Gasteiger partial charge in [-0.2, -0.15) is 0 Å². The second-order valence-electron chi connectivity index (χ2n) is 7.13. The summed E-state index contributed by atoms with van der Waals surface area (Å²) in [6.45, 7) is 4.11. The lowest BCUT2D eigenvalue weighted by Gasteiger charge is -2.30. The molecule has 140 valence electrons. The van der Waals surface area contributed by atoms with Crippen molar-refractivity contribution in [1.82, 2.24) is 19.4 Å². The molecule has 1 aliphatic heterocycles. The van der Waals surface area contributed by atoms with Crippen LogP contribution in [0.1, 0.15) is 19.8 Å². The van der Waals surface area contributed by atoms with Gasteiger partial charge in [0.15, 0.2) is 5.16 Å². The molecule has 7 heteroatoms. The second-order valence-corrected chi connectivity index (χ2v) is 8.08. The fourth-order valence-corrected chi connectivity index (χ4v) is 4.14. The first-order valence-corrected chi connectivity index (χ1v) is 10.00. The van der Waals surface area contributed by atoms with E-state index in [2.05, 4.69) is 11.9 Å². The predicted molar refractivity (Wildman–Crippen MR) is 104 cm³/mol. The van der Waals surface area contributed by atoms with Gasteiger partial charge in [-0.15, -0.1) is 0 Å². The zero-order valence-electron chi connectivity index (χ0n) is 15.6. The topological polar surface area (TPSA) is 58.4 Å². The SMILES string of the molecule is CC1CCCN(C(=O)CSc2nc3ccccc3n2CC(=O)N(C)C)C1. The van der Waals surface area contributed by atoms with Crippen molar-refractivity contribution in [1.29, 1.82) is 0 Å². The number of hydrogen-bond acceptors (Lipinski definition) is 4. The Bertz CT molecular complexity index is 802. The van der Waals surface area contributed by atoms with Crippen LogP contribution in [0.15, 0.2) is 29.4 Å². The predicted octanol–water partition coefficient (Wildman–Crippen LogP) is 2.48. The van der Waals surface area contributed by atoms with E-state index in [1.807, 2.05) is 33.7 Å². The van der Waals surface area contributed by atoms with E-state index < -0.39 is 0 Å². The van der Waals surface area contributed by atoms with Gasteiger partial charge in [-0.3, -0.25) is 9.59 Å². The van der Waals surface area contributed by atoms with Gasteiger partial charge in [-0.05, 0) is 30.9 Å². The van der Waals surface area contributed by atoms with Crippen LogP contribution in [0.4, 0.5) is 0 Å². The van der Waals surface area contributed by atoms with E-state index in [9.17, 15) is 9.59 Å². The van der Waals surface area contributed by atoms with Gasteiger partial charge in [0.05, 0.1) is 16.8 Å². The Labute approximate surface area is 158 Å². The third-order valence-electron chi connectivity index (χ3n) is 4.75. The molecular formula is C19H26N4O2S. The van der Waals surface area contributed by atoms with Crippen LogP contribution in [-0.2, 0) is 16.1 Å². The number of para-hydroxylation sites is 2. The lowest BCUT2D eigenvalue weighted by atomic mass is 10.0. The van der Waals surface area contributed by atoms with Crippen LogP contribution in [0.2, 0.25) is 0 Å². The molecule has 1 fully saturated rings. The highest BCUT2D eigenvalue weighted by molar-refractivity contribution is 7.99. The summed E-state index contributed by atoms with van der Waals surface area (Å²) in [5, 5.41) is 0.722. The van der Waals surface area contributed by atoms with E-state index in [4.69, 9.17) is 0 Å². The molecule has 1 aliphatic rings. The summed E-state index contributed by atoms with van der Waals surface area (Å²) in [4.78, 5) is 33.0. The van der Waals surface area contributed by atoms with Crippen LogP contribution < -0.4 is 0 Å². The van der Waals surface area contributed by atoms with Gasteiger partial charge < -0.3 is 14.4 Å². The number of hydrogen-bond donors (Lipinski definition) is 0. The fourth-order valence-electron chi connectivity index (χ4n) is 3.23. The van der Waals surface area contributed by atoms with E-state index >= 15 is 0 Å². The minimum atomic E-state index is 0.00573. The number of fused-ring (bicyclic) bond motifs is 1. The summed E-state index contributed by atoms with van der Waals surface area (Å²) >= 11 is 1.42. The van der Waals surface area contributed by atoms with Crippen molar-refractivity contribution in [3.05, 3.63) is 24.3 Å². The zero-order chi connectivity index (χ0) is 18.7. The molecule has 26 heavy (non-hydrogen) atoms. The zero-order valence-corrected chi connectivity index (χ0v) is 16.5. The monoisotopic (exact) mass is 374 g/mol. The molecule has 2 heterocycles. The number of likely N-dealkylation sites (tertiary alicyclic amines) is 1. The number of likely N-dealkylation sites (N-methyl/N-ethyl adjacent to an activating group) is 1. The van der Waals surface area contributed by atoms with Crippen LogP contribution >= 0.6 is 11.8 Å². The first-order chi connectivity index (χ1) is 12.5. The molecule has 0 spiro atoms. The van der Waals surface area contributed by atoms with E-state index in [0.29, 0.717) is 11.7 Å². The molecular weight excluding hydrogens is 348 g/mol. The van der Waals surface area contributed by atoms with Crippen LogP contribution in [-0.4, -0.2) is 64.1 Å². The average Bonchev–Trinajstić information content (AvgIpc) is 2.97. The molecule has 1 saturated heterocycles. The maximum Gasteiger partial charge on any atom is 0.242 e. The molecule has 1 aromatic heterocycles. The molecule has 1 aromatic carbocycles. The number of aromatic nitrogens is 2. The molecule has 6 nitrogen and oxygen atoms in total. The number of imidazole rings is 1. The molecule has 0 bridgehead atoms. The molecule has 1 atom stereocenters. The van der Waals surface area contributed by atoms with Gasteiger partial charge in [-0.1, -0.05) is 30.8 Å². The average molecular weight is 375 g/mol. The van der Waals surface area contributed by atoms with Crippen LogP contribution in [0.25, 0.3) is 11.0 Å². The van der Waals surface area contributed by atoms with E-state index in [1.54, 1.807) is 19.0 Å². The van der Waals surface area contributed by atoms with E-state index in [0.717, 1.165) is 35.7 Å². The van der Waals surface area contributed by atoms with Crippen molar-refractivity contribution in [3.63, 3.8) is 0 Å². The van der Waals surface area contributed by atoms with Crippen molar-refractivity contribution in [2.24, 2.45) is 5.92 Å². The third kappa shape index (κ3) is 4.20. The highest BCUT2D eigenvalue weighted by Gasteiger charge is 2.22. The van der Waals surface area contributed by atoms with E-state index in [-0.39, 0.29) is 18.4 Å². The largest absolute Gasteiger partial charge is 0.347 e. The van der Waals surface area contributed by atoms with Crippen molar-refractivity contribution in [3.8, 4) is 0 Å². The van der Waals surface area contributed by atoms with Gasteiger partial charge in [0.1, 0.15) is 6.54 Å². The summed E-state index contributed by atoms with van der Waals surface area (Å²) in [7, 11) is 3.49. The van der Waals surface area contributed by atoms with E-state index in [1.165, 1.54) is 18.2 Å². The van der Waals surface area contributed by atoms with Crippen molar-refractivity contribution >= 4 is 34.6 Å². The molecule has 1 unspecified atom stereocenters. The van der Waals surface area contributed by atoms with Gasteiger partial charge in [-0.25, -0.2) is 4.98 Å². The number of nitrogens with zero attached hydrogens (tertiary/aromatic N) is 4. The number of benzene rings is 1. The maximum atomic E-state index is 12.6. The fraction of sp³-hybridized carbons (Fsp3) is 0.526. The quantitative estimate of drug-likeness (QED) is 0.755. The minimum Gasteiger partial charge on any atom is -0.347 e. The first-order valence-electron chi connectivity index (χ1n) is 9.01. The molecule has 0 aliphatic carbocycles. The van der Waals surface area contributed by atoms with Gasteiger partial charge in [0.25, 0.3) is 0 Å². The molecule has 2 aromatic rings. The maximum absolute atomic E-state index is 12.6. The standard InChI is InChI=1S/C19H26N4O2S/c1-14-7-6-10-22(11-14)18(25)13-26-19-20-15-8-4-5-9-16(15)23(19)12-17(24)21(2)3/h4-5,8-9,14H,6-7,10-13H2,1-3H3.